The van der Waals surface area contributed by atoms with Crippen LogP contribution in [0, 0.1) is 10.1 Å². The van der Waals surface area contributed by atoms with E-state index in [-0.39, 0.29) is 11.3 Å². The molecule has 0 aromatic heterocycles. The molecule has 0 heterocycles. The molecule has 8 heteroatoms. The molecule has 0 spiro atoms. The molecule has 0 aliphatic carbocycles. The molecule has 1 aromatic carbocycles. The molecular formula is C14H20N2O5S. The lowest BCUT2D eigenvalue weighted by Crippen LogP contribution is -2.35. The van der Waals surface area contributed by atoms with Crippen LogP contribution in [0.15, 0.2) is 29.2 Å². The summed E-state index contributed by atoms with van der Waals surface area (Å²) in [6.07, 6.45) is 3.91. The molecule has 1 N–H and O–H groups in total. The molecule has 122 valence electrons. The van der Waals surface area contributed by atoms with Gasteiger partial charge in [-0.3, -0.25) is 10.1 Å². The van der Waals surface area contributed by atoms with Crippen molar-refractivity contribution in [1.29, 1.82) is 0 Å². The van der Waals surface area contributed by atoms with Crippen LogP contribution < -0.4 is 4.72 Å². The van der Waals surface area contributed by atoms with Gasteiger partial charge in [-0.1, -0.05) is 38.3 Å². The van der Waals surface area contributed by atoms with Crippen molar-refractivity contribution in [3.8, 4) is 0 Å². The summed E-state index contributed by atoms with van der Waals surface area (Å²) < 4.78 is 27.1. The van der Waals surface area contributed by atoms with Crippen molar-refractivity contribution >= 4 is 22.0 Å². The Hall–Kier alpha value is -1.80. The summed E-state index contributed by atoms with van der Waals surface area (Å²) in [5.41, 5.74) is -0.478. The van der Waals surface area contributed by atoms with Gasteiger partial charge in [0.2, 0.25) is 10.0 Å². The number of sulfonamides is 1. The van der Waals surface area contributed by atoms with Gasteiger partial charge >= 0.3 is 0 Å². The number of nitro groups is 1. The van der Waals surface area contributed by atoms with Crippen molar-refractivity contribution in [3.63, 3.8) is 0 Å². The molecule has 0 amide bonds. The van der Waals surface area contributed by atoms with E-state index in [9.17, 15) is 23.3 Å². The predicted octanol–water partition coefficient (Wildman–Crippen LogP) is 2.41. The van der Waals surface area contributed by atoms with E-state index in [1.54, 1.807) is 0 Å². The molecule has 22 heavy (non-hydrogen) atoms. The number of aldehydes is 1. The van der Waals surface area contributed by atoms with Crippen molar-refractivity contribution in [2.75, 3.05) is 0 Å². The van der Waals surface area contributed by atoms with E-state index in [1.165, 1.54) is 18.2 Å². The monoisotopic (exact) mass is 328 g/mol. The summed E-state index contributed by atoms with van der Waals surface area (Å²) in [5, 5.41) is 10.9. The third kappa shape index (κ3) is 5.19. The van der Waals surface area contributed by atoms with Gasteiger partial charge in [0.25, 0.3) is 5.69 Å². The molecule has 0 aliphatic rings. The molecule has 7 nitrogen and oxygen atoms in total. The number of carbonyl (C=O) groups excluding carboxylic acids is 1. The van der Waals surface area contributed by atoms with E-state index in [4.69, 9.17) is 0 Å². The van der Waals surface area contributed by atoms with Crippen molar-refractivity contribution in [2.45, 2.75) is 50.0 Å². The second kappa shape index (κ2) is 8.60. The fourth-order valence-electron chi connectivity index (χ4n) is 2.10. The fraction of sp³-hybridized carbons (Fsp3) is 0.500. The van der Waals surface area contributed by atoms with Crippen molar-refractivity contribution in [2.24, 2.45) is 0 Å². The minimum absolute atomic E-state index is 0.0452. The van der Waals surface area contributed by atoms with Gasteiger partial charge in [0.1, 0.15) is 6.29 Å². The van der Waals surface area contributed by atoms with E-state index in [2.05, 4.69) is 4.72 Å². The SMILES string of the molecule is CCCCCC(CC=O)NS(=O)(=O)c1ccccc1[N+](=O)[O-]. The van der Waals surface area contributed by atoms with E-state index in [0.29, 0.717) is 12.7 Å². The number of hydrogen-bond acceptors (Lipinski definition) is 5. The van der Waals surface area contributed by atoms with Crippen LogP contribution in [0.5, 0.6) is 0 Å². The Morgan fingerprint density at radius 2 is 2.00 bits per heavy atom. The first kappa shape index (κ1) is 18.2. The van der Waals surface area contributed by atoms with Gasteiger partial charge in [-0.2, -0.15) is 0 Å². The number of para-hydroxylation sites is 1. The topological polar surface area (TPSA) is 106 Å². The maximum atomic E-state index is 12.3. The maximum Gasteiger partial charge on any atom is 0.289 e. The van der Waals surface area contributed by atoms with Crippen LogP contribution in [0.3, 0.4) is 0 Å². The van der Waals surface area contributed by atoms with Gasteiger partial charge in [0, 0.05) is 18.5 Å². The highest BCUT2D eigenvalue weighted by Gasteiger charge is 2.27. The lowest BCUT2D eigenvalue weighted by molar-refractivity contribution is -0.387. The first-order chi connectivity index (χ1) is 10.4. The Morgan fingerprint density at radius 3 is 2.59 bits per heavy atom. The first-order valence-corrected chi connectivity index (χ1v) is 8.60. The molecule has 0 bridgehead atoms. The van der Waals surface area contributed by atoms with Gasteiger partial charge in [0.05, 0.1) is 4.92 Å². The number of benzene rings is 1. The number of nitro benzene ring substituents is 1. The van der Waals surface area contributed by atoms with Crippen LogP contribution in [0.4, 0.5) is 5.69 Å². The minimum Gasteiger partial charge on any atom is -0.303 e. The fourth-order valence-corrected chi connectivity index (χ4v) is 3.56. The summed E-state index contributed by atoms with van der Waals surface area (Å²) in [6.45, 7) is 2.02. The molecule has 1 rings (SSSR count). The van der Waals surface area contributed by atoms with E-state index < -0.39 is 26.7 Å². The zero-order chi connectivity index (χ0) is 16.6. The second-order valence-electron chi connectivity index (χ2n) is 4.94. The molecule has 0 aliphatic heterocycles. The van der Waals surface area contributed by atoms with Crippen molar-refractivity contribution < 1.29 is 18.1 Å². The van der Waals surface area contributed by atoms with Crippen LogP contribution in [0.25, 0.3) is 0 Å². The summed E-state index contributed by atoms with van der Waals surface area (Å²) in [4.78, 5) is 20.5. The number of nitrogens with zero attached hydrogens (tertiary/aromatic N) is 1. The summed E-state index contributed by atoms with van der Waals surface area (Å²) >= 11 is 0. The highest BCUT2D eigenvalue weighted by Crippen LogP contribution is 2.23. The quantitative estimate of drug-likeness (QED) is 0.307. The molecule has 1 unspecified atom stereocenters. The second-order valence-corrected chi connectivity index (χ2v) is 6.62. The van der Waals surface area contributed by atoms with Gasteiger partial charge in [-0.05, 0) is 12.5 Å². The molecule has 0 fully saturated rings. The van der Waals surface area contributed by atoms with Crippen LogP contribution in [0.1, 0.15) is 39.0 Å². The van der Waals surface area contributed by atoms with Gasteiger partial charge in [0.15, 0.2) is 4.90 Å². The summed E-state index contributed by atoms with van der Waals surface area (Å²) in [5.74, 6) is 0. The number of hydrogen-bond donors (Lipinski definition) is 1. The van der Waals surface area contributed by atoms with Crippen molar-refractivity contribution in [3.05, 3.63) is 34.4 Å². The Labute approximate surface area is 129 Å². The van der Waals surface area contributed by atoms with Gasteiger partial charge in [-0.15, -0.1) is 0 Å². The van der Waals surface area contributed by atoms with Gasteiger partial charge < -0.3 is 4.79 Å². The molecule has 0 saturated heterocycles. The first-order valence-electron chi connectivity index (χ1n) is 7.11. The lowest BCUT2D eigenvalue weighted by atomic mass is 10.1. The van der Waals surface area contributed by atoms with Crippen LogP contribution in [-0.4, -0.2) is 25.7 Å². The predicted molar refractivity (Wildman–Crippen MR) is 82.0 cm³/mol. The molecule has 1 atom stereocenters. The third-order valence-corrected chi connectivity index (χ3v) is 4.78. The van der Waals surface area contributed by atoms with E-state index >= 15 is 0 Å². The minimum atomic E-state index is -4.05. The van der Waals surface area contributed by atoms with Crippen LogP contribution >= 0.6 is 0 Å². The Kier molecular flexibility index (Phi) is 7.13. The van der Waals surface area contributed by atoms with E-state index in [1.807, 2.05) is 6.92 Å². The van der Waals surface area contributed by atoms with Crippen LogP contribution in [0.2, 0.25) is 0 Å². The molecule has 0 radical (unpaired) electrons. The largest absolute Gasteiger partial charge is 0.303 e. The number of unbranched alkanes of at least 4 members (excludes halogenated alkanes) is 2. The molecular weight excluding hydrogens is 308 g/mol. The van der Waals surface area contributed by atoms with Crippen LogP contribution in [-0.2, 0) is 14.8 Å². The average molecular weight is 328 g/mol. The zero-order valence-corrected chi connectivity index (χ0v) is 13.2. The lowest BCUT2D eigenvalue weighted by Gasteiger charge is -2.16. The standard InChI is InChI=1S/C14H20N2O5S/c1-2-3-4-7-12(10-11-17)15-22(20,21)14-9-6-5-8-13(14)16(18)19/h5-6,8-9,11-12,15H,2-4,7,10H2,1H3. The maximum absolute atomic E-state index is 12.3. The summed E-state index contributed by atoms with van der Waals surface area (Å²) in [6, 6.07) is 4.60. The Morgan fingerprint density at radius 1 is 1.32 bits per heavy atom. The normalized spacial score (nSPS) is 12.8. The summed E-state index contributed by atoms with van der Waals surface area (Å²) in [7, 11) is -4.05. The number of nitrogens with one attached hydrogen (secondary N) is 1. The Balaban J connectivity index is 2.97. The number of rotatable bonds is 10. The number of carbonyl (C=O) groups is 1. The van der Waals surface area contributed by atoms with Gasteiger partial charge in [-0.25, -0.2) is 13.1 Å². The third-order valence-electron chi connectivity index (χ3n) is 3.21. The highest BCUT2D eigenvalue weighted by molar-refractivity contribution is 7.89. The smallest absolute Gasteiger partial charge is 0.289 e. The Bertz CT molecular complexity index is 615. The highest BCUT2D eigenvalue weighted by atomic mass is 32.2. The molecule has 0 saturated carbocycles. The average Bonchev–Trinajstić information content (AvgIpc) is 2.47. The van der Waals surface area contributed by atoms with E-state index in [0.717, 1.165) is 25.3 Å². The zero-order valence-electron chi connectivity index (χ0n) is 12.4. The van der Waals surface area contributed by atoms with Crippen molar-refractivity contribution in [1.82, 2.24) is 4.72 Å². The molecule has 1 aromatic rings.